The first-order chi connectivity index (χ1) is 8.81. The average molecular weight is 271 g/mol. The van der Waals surface area contributed by atoms with Gasteiger partial charge in [0.15, 0.2) is 0 Å². The molecular weight excluding hydrogens is 252 g/mol. The minimum atomic E-state index is -0.0468. The van der Waals surface area contributed by atoms with E-state index < -0.39 is 0 Å². The van der Waals surface area contributed by atoms with E-state index in [9.17, 15) is 4.79 Å². The summed E-state index contributed by atoms with van der Waals surface area (Å²) in [5.74, 6) is 0.603. The summed E-state index contributed by atoms with van der Waals surface area (Å²) >= 11 is 1.40. The summed E-state index contributed by atoms with van der Waals surface area (Å²) in [6.07, 6.45) is 0. The molecule has 0 spiro atoms. The largest absolute Gasteiger partial charge is 0.495 e. The molecule has 0 radical (unpaired) electrons. The molecule has 5 nitrogen and oxygen atoms in total. The highest BCUT2D eigenvalue weighted by molar-refractivity contribution is 7.12. The highest BCUT2D eigenvalue weighted by Crippen LogP contribution is 2.23. The zero-order valence-electron chi connectivity index (χ0n) is 10.5. The van der Waals surface area contributed by atoms with Crippen molar-refractivity contribution in [3.05, 3.63) is 16.3 Å². The van der Waals surface area contributed by atoms with Gasteiger partial charge in [0.05, 0.1) is 33.4 Å². The summed E-state index contributed by atoms with van der Waals surface area (Å²) in [5.41, 5.74) is 0. The molecule has 1 aromatic rings. The van der Waals surface area contributed by atoms with Crippen molar-refractivity contribution in [1.29, 1.82) is 0 Å². The first-order valence-corrected chi connectivity index (χ1v) is 7.00. The molecule has 1 aliphatic heterocycles. The molecule has 6 heteroatoms. The Kier molecular flexibility index (Phi) is 4.98. The van der Waals surface area contributed by atoms with E-state index in [4.69, 9.17) is 9.47 Å². The third-order valence-corrected chi connectivity index (χ3v) is 3.91. The summed E-state index contributed by atoms with van der Waals surface area (Å²) in [5, 5.41) is 4.80. The lowest BCUT2D eigenvalue weighted by atomic mass is 10.4. The molecule has 0 aliphatic carbocycles. The summed E-state index contributed by atoms with van der Waals surface area (Å²) in [6.45, 7) is 5.33. The lowest BCUT2D eigenvalue weighted by Crippen LogP contribution is -3.14. The number of thiophene rings is 1. The molecule has 1 aromatic heterocycles. The quantitative estimate of drug-likeness (QED) is 0.752. The van der Waals surface area contributed by atoms with Gasteiger partial charge in [-0.05, 0) is 11.4 Å². The number of morpholine rings is 1. The Morgan fingerprint density at radius 1 is 1.56 bits per heavy atom. The number of ether oxygens (including phenoxy) is 2. The van der Waals surface area contributed by atoms with Gasteiger partial charge in [0.1, 0.15) is 23.7 Å². The molecule has 18 heavy (non-hydrogen) atoms. The van der Waals surface area contributed by atoms with Crippen molar-refractivity contribution in [2.45, 2.75) is 0 Å². The molecule has 1 fully saturated rings. The van der Waals surface area contributed by atoms with Crippen molar-refractivity contribution >= 4 is 17.2 Å². The molecular formula is C12H19N2O3S+. The molecule has 0 bridgehead atoms. The van der Waals surface area contributed by atoms with Crippen LogP contribution in [0.1, 0.15) is 9.67 Å². The highest BCUT2D eigenvalue weighted by atomic mass is 32.1. The van der Waals surface area contributed by atoms with Crippen LogP contribution in [-0.2, 0) is 4.74 Å². The monoisotopic (exact) mass is 271 g/mol. The number of quaternary nitrogens is 1. The second-order valence-corrected chi connectivity index (χ2v) is 5.10. The van der Waals surface area contributed by atoms with Gasteiger partial charge in [0.25, 0.3) is 5.91 Å². The van der Waals surface area contributed by atoms with E-state index in [1.54, 1.807) is 7.11 Å². The molecule has 2 rings (SSSR count). The molecule has 0 unspecified atom stereocenters. The van der Waals surface area contributed by atoms with E-state index in [0.717, 1.165) is 32.8 Å². The second-order valence-electron chi connectivity index (χ2n) is 4.19. The Morgan fingerprint density at radius 3 is 3.06 bits per heavy atom. The third-order valence-electron chi connectivity index (χ3n) is 3.02. The normalized spacial score (nSPS) is 16.5. The number of carbonyl (C=O) groups excluding carboxylic acids is 1. The molecule has 1 aliphatic rings. The van der Waals surface area contributed by atoms with E-state index in [2.05, 4.69) is 5.32 Å². The fraction of sp³-hybridized carbons (Fsp3) is 0.583. The summed E-state index contributed by atoms with van der Waals surface area (Å²) < 4.78 is 10.4. The molecule has 1 amide bonds. The van der Waals surface area contributed by atoms with Gasteiger partial charge in [0, 0.05) is 0 Å². The highest BCUT2D eigenvalue weighted by Gasteiger charge is 2.16. The number of rotatable bonds is 5. The second kappa shape index (κ2) is 6.72. The average Bonchev–Trinajstić information content (AvgIpc) is 2.88. The lowest BCUT2D eigenvalue weighted by Gasteiger charge is -2.23. The topological polar surface area (TPSA) is 52.0 Å². The Balaban J connectivity index is 1.74. The lowest BCUT2D eigenvalue weighted by molar-refractivity contribution is -0.906. The number of hydrogen-bond donors (Lipinski definition) is 2. The van der Waals surface area contributed by atoms with Crippen LogP contribution in [0.2, 0.25) is 0 Å². The maximum atomic E-state index is 11.9. The van der Waals surface area contributed by atoms with Crippen molar-refractivity contribution in [2.75, 3.05) is 46.5 Å². The third kappa shape index (κ3) is 3.44. The summed E-state index contributed by atoms with van der Waals surface area (Å²) in [4.78, 5) is 14.0. The fourth-order valence-electron chi connectivity index (χ4n) is 1.97. The van der Waals surface area contributed by atoms with Crippen LogP contribution in [0.5, 0.6) is 5.75 Å². The minimum absolute atomic E-state index is 0.0468. The van der Waals surface area contributed by atoms with Crippen molar-refractivity contribution in [1.82, 2.24) is 5.32 Å². The number of hydrogen-bond acceptors (Lipinski definition) is 4. The molecule has 100 valence electrons. The van der Waals surface area contributed by atoms with Crippen molar-refractivity contribution < 1.29 is 19.2 Å². The van der Waals surface area contributed by atoms with Crippen LogP contribution in [0.25, 0.3) is 0 Å². The molecule has 2 N–H and O–H groups in total. The fourth-order valence-corrected chi connectivity index (χ4v) is 2.74. The van der Waals surface area contributed by atoms with Crippen molar-refractivity contribution in [3.63, 3.8) is 0 Å². The number of amides is 1. The predicted molar refractivity (Wildman–Crippen MR) is 69.6 cm³/mol. The van der Waals surface area contributed by atoms with Crippen LogP contribution in [0.3, 0.4) is 0 Å². The summed E-state index contributed by atoms with van der Waals surface area (Å²) in [6, 6.07) is 1.81. The Morgan fingerprint density at radius 2 is 2.33 bits per heavy atom. The SMILES string of the molecule is COc1ccsc1C(=O)NCC[NH+]1CCOCC1. The molecule has 2 heterocycles. The van der Waals surface area contributed by atoms with Gasteiger partial charge in [0.2, 0.25) is 0 Å². The van der Waals surface area contributed by atoms with Crippen LogP contribution in [0.4, 0.5) is 0 Å². The van der Waals surface area contributed by atoms with Gasteiger partial charge in [-0.1, -0.05) is 0 Å². The van der Waals surface area contributed by atoms with Crippen molar-refractivity contribution in [3.8, 4) is 5.75 Å². The number of methoxy groups -OCH3 is 1. The molecule has 0 aromatic carbocycles. The predicted octanol–water partition coefficient (Wildman–Crippen LogP) is -0.598. The van der Waals surface area contributed by atoms with Crippen LogP contribution >= 0.6 is 11.3 Å². The number of carbonyl (C=O) groups is 1. The van der Waals surface area contributed by atoms with Gasteiger partial charge in [-0.25, -0.2) is 0 Å². The van der Waals surface area contributed by atoms with Crippen LogP contribution in [0.15, 0.2) is 11.4 Å². The van der Waals surface area contributed by atoms with E-state index >= 15 is 0 Å². The van der Waals surface area contributed by atoms with Gasteiger partial charge in [-0.15, -0.1) is 11.3 Å². The van der Waals surface area contributed by atoms with E-state index in [0.29, 0.717) is 17.2 Å². The van der Waals surface area contributed by atoms with E-state index in [1.165, 1.54) is 16.2 Å². The van der Waals surface area contributed by atoms with Gasteiger partial charge < -0.3 is 19.7 Å². The van der Waals surface area contributed by atoms with E-state index in [1.807, 2.05) is 11.4 Å². The standard InChI is InChI=1S/C12H18N2O3S/c1-16-10-2-9-18-11(10)12(15)13-3-4-14-5-7-17-8-6-14/h2,9H,3-8H2,1H3,(H,13,15)/p+1. The Labute approximate surface area is 111 Å². The first kappa shape index (κ1) is 13.3. The number of nitrogens with one attached hydrogen (secondary N) is 2. The minimum Gasteiger partial charge on any atom is -0.495 e. The Hall–Kier alpha value is -1.11. The smallest absolute Gasteiger partial charge is 0.265 e. The zero-order chi connectivity index (χ0) is 12.8. The van der Waals surface area contributed by atoms with Gasteiger partial charge >= 0.3 is 0 Å². The molecule has 0 atom stereocenters. The maximum absolute atomic E-state index is 11.9. The van der Waals surface area contributed by atoms with Gasteiger partial charge in [-0.2, -0.15) is 0 Å². The Bertz CT molecular complexity index is 388. The molecule has 0 saturated carbocycles. The van der Waals surface area contributed by atoms with Crippen LogP contribution < -0.4 is 15.0 Å². The maximum Gasteiger partial charge on any atom is 0.265 e. The zero-order valence-corrected chi connectivity index (χ0v) is 11.3. The van der Waals surface area contributed by atoms with Crippen LogP contribution in [-0.4, -0.2) is 52.4 Å². The molecule has 1 saturated heterocycles. The first-order valence-electron chi connectivity index (χ1n) is 6.12. The van der Waals surface area contributed by atoms with E-state index in [-0.39, 0.29) is 5.91 Å². The van der Waals surface area contributed by atoms with Crippen LogP contribution in [0, 0.1) is 0 Å². The summed E-state index contributed by atoms with van der Waals surface area (Å²) in [7, 11) is 1.58. The van der Waals surface area contributed by atoms with Crippen molar-refractivity contribution in [2.24, 2.45) is 0 Å². The van der Waals surface area contributed by atoms with Gasteiger partial charge in [-0.3, -0.25) is 4.79 Å².